The standard InChI is InChI=1S/C11H18N4O3S/c1-7(2)14-19(16,17)15-10-8(11(12)13)5-4-6-9(10)18-3/h4-7,14-15H,1-3H3,(H3,12,13). The number of hydrogen-bond acceptors (Lipinski definition) is 4. The Morgan fingerprint density at radius 1 is 1.42 bits per heavy atom. The van der Waals surface area contributed by atoms with Crippen LogP contribution in [0, 0.1) is 5.41 Å². The first-order valence-corrected chi connectivity index (χ1v) is 7.06. The topological polar surface area (TPSA) is 117 Å². The number of amidine groups is 1. The molecule has 7 nitrogen and oxygen atoms in total. The fraction of sp³-hybridized carbons (Fsp3) is 0.364. The van der Waals surface area contributed by atoms with Gasteiger partial charge in [-0.2, -0.15) is 13.1 Å². The van der Waals surface area contributed by atoms with E-state index in [9.17, 15) is 8.42 Å². The van der Waals surface area contributed by atoms with Gasteiger partial charge in [0.15, 0.2) is 0 Å². The van der Waals surface area contributed by atoms with Gasteiger partial charge in [-0.3, -0.25) is 10.1 Å². The van der Waals surface area contributed by atoms with Crippen molar-refractivity contribution in [1.29, 1.82) is 5.41 Å². The highest BCUT2D eigenvalue weighted by Gasteiger charge is 2.18. The summed E-state index contributed by atoms with van der Waals surface area (Å²) >= 11 is 0. The summed E-state index contributed by atoms with van der Waals surface area (Å²) in [7, 11) is -2.35. The molecule has 0 radical (unpaired) electrons. The van der Waals surface area contributed by atoms with Gasteiger partial charge in [0.2, 0.25) is 0 Å². The zero-order valence-corrected chi connectivity index (χ0v) is 11.8. The number of nitrogens with one attached hydrogen (secondary N) is 3. The molecule has 0 aliphatic carbocycles. The van der Waals surface area contributed by atoms with Crippen molar-refractivity contribution in [3.8, 4) is 5.75 Å². The lowest BCUT2D eigenvalue weighted by Crippen LogP contribution is -2.35. The van der Waals surface area contributed by atoms with Crippen molar-refractivity contribution < 1.29 is 13.2 Å². The molecule has 0 bridgehead atoms. The minimum atomic E-state index is -3.75. The Morgan fingerprint density at radius 2 is 2.05 bits per heavy atom. The van der Waals surface area contributed by atoms with Crippen molar-refractivity contribution in [2.45, 2.75) is 19.9 Å². The van der Waals surface area contributed by atoms with Crippen LogP contribution in [-0.4, -0.2) is 27.4 Å². The molecule has 1 aromatic rings. The van der Waals surface area contributed by atoms with Gasteiger partial charge in [-0.25, -0.2) is 0 Å². The summed E-state index contributed by atoms with van der Waals surface area (Å²) in [4.78, 5) is 0. The van der Waals surface area contributed by atoms with Gasteiger partial charge in [0.25, 0.3) is 10.2 Å². The van der Waals surface area contributed by atoms with Gasteiger partial charge in [0.1, 0.15) is 17.3 Å². The fourth-order valence-electron chi connectivity index (χ4n) is 1.51. The van der Waals surface area contributed by atoms with Crippen molar-refractivity contribution in [3.05, 3.63) is 23.8 Å². The molecule has 1 aromatic carbocycles. The van der Waals surface area contributed by atoms with E-state index in [0.29, 0.717) is 5.75 Å². The molecule has 0 amide bonds. The Morgan fingerprint density at radius 3 is 2.53 bits per heavy atom. The summed E-state index contributed by atoms with van der Waals surface area (Å²) in [6, 6.07) is 4.49. The van der Waals surface area contributed by atoms with Crippen molar-refractivity contribution in [2.24, 2.45) is 5.73 Å². The molecule has 1 rings (SSSR count). The predicted molar refractivity (Wildman–Crippen MR) is 74.8 cm³/mol. The van der Waals surface area contributed by atoms with Crippen LogP contribution in [0.1, 0.15) is 19.4 Å². The molecule has 0 spiro atoms. The van der Waals surface area contributed by atoms with Crippen LogP contribution in [0.15, 0.2) is 18.2 Å². The van der Waals surface area contributed by atoms with Crippen LogP contribution >= 0.6 is 0 Å². The van der Waals surface area contributed by atoms with E-state index in [0.717, 1.165) is 0 Å². The van der Waals surface area contributed by atoms with Crippen molar-refractivity contribution >= 4 is 21.7 Å². The summed E-state index contributed by atoms with van der Waals surface area (Å²) < 4.78 is 33.5. The average Bonchev–Trinajstić information content (AvgIpc) is 2.26. The Balaban J connectivity index is 3.22. The van der Waals surface area contributed by atoms with Crippen molar-refractivity contribution in [3.63, 3.8) is 0 Å². The third kappa shape index (κ3) is 4.11. The minimum Gasteiger partial charge on any atom is -0.495 e. The lowest BCUT2D eigenvalue weighted by atomic mass is 10.1. The summed E-state index contributed by atoms with van der Waals surface area (Å²) in [5.74, 6) is 0.0444. The molecule has 0 unspecified atom stereocenters. The quantitative estimate of drug-likeness (QED) is 0.453. The number of para-hydroxylation sites is 1. The molecule has 0 aliphatic rings. The molecule has 19 heavy (non-hydrogen) atoms. The second kappa shape index (κ2) is 5.89. The fourth-order valence-corrected chi connectivity index (χ4v) is 2.66. The normalized spacial score (nSPS) is 11.4. The molecule has 0 aliphatic heterocycles. The second-order valence-electron chi connectivity index (χ2n) is 4.17. The van der Waals surface area contributed by atoms with Crippen LogP contribution in [0.25, 0.3) is 0 Å². The zero-order chi connectivity index (χ0) is 14.6. The molecule has 8 heteroatoms. The highest BCUT2D eigenvalue weighted by Crippen LogP contribution is 2.28. The number of anilines is 1. The lowest BCUT2D eigenvalue weighted by Gasteiger charge is -2.16. The Labute approximate surface area is 112 Å². The Hall–Kier alpha value is -1.80. The van der Waals surface area contributed by atoms with Crippen LogP contribution in [0.5, 0.6) is 5.75 Å². The summed E-state index contributed by atoms with van der Waals surface area (Å²) in [6.07, 6.45) is 0. The maximum absolute atomic E-state index is 11.9. The van der Waals surface area contributed by atoms with E-state index < -0.39 is 10.2 Å². The third-order valence-electron chi connectivity index (χ3n) is 2.16. The molecule has 0 saturated heterocycles. The molecule has 0 heterocycles. The van der Waals surface area contributed by atoms with Gasteiger partial charge < -0.3 is 10.5 Å². The second-order valence-corrected chi connectivity index (χ2v) is 5.62. The maximum atomic E-state index is 11.9. The van der Waals surface area contributed by atoms with Gasteiger partial charge in [-0.05, 0) is 26.0 Å². The van der Waals surface area contributed by atoms with E-state index in [-0.39, 0.29) is 23.1 Å². The van der Waals surface area contributed by atoms with E-state index in [1.54, 1.807) is 26.0 Å². The number of rotatable bonds is 6. The summed E-state index contributed by atoms with van der Waals surface area (Å²) in [6.45, 7) is 3.40. The molecular weight excluding hydrogens is 268 g/mol. The minimum absolute atomic E-state index is 0.144. The third-order valence-corrected chi connectivity index (χ3v) is 3.42. The smallest absolute Gasteiger partial charge is 0.299 e. The van der Waals surface area contributed by atoms with Crippen LogP contribution in [0.3, 0.4) is 0 Å². The maximum Gasteiger partial charge on any atom is 0.299 e. The van der Waals surface area contributed by atoms with E-state index in [1.807, 2.05) is 0 Å². The lowest BCUT2D eigenvalue weighted by molar-refractivity contribution is 0.416. The first-order valence-electron chi connectivity index (χ1n) is 5.58. The Bertz CT molecular complexity index is 569. The largest absolute Gasteiger partial charge is 0.495 e. The van der Waals surface area contributed by atoms with Crippen molar-refractivity contribution in [2.75, 3.05) is 11.8 Å². The molecule has 106 valence electrons. The van der Waals surface area contributed by atoms with E-state index in [1.165, 1.54) is 13.2 Å². The van der Waals surface area contributed by atoms with E-state index >= 15 is 0 Å². The number of methoxy groups -OCH3 is 1. The monoisotopic (exact) mass is 286 g/mol. The highest BCUT2D eigenvalue weighted by atomic mass is 32.2. The first-order chi connectivity index (χ1) is 8.76. The summed E-state index contributed by atoms with van der Waals surface area (Å²) in [5, 5.41) is 7.46. The van der Waals surface area contributed by atoms with Crippen LogP contribution in [0.2, 0.25) is 0 Å². The molecule has 0 fully saturated rings. The first kappa shape index (κ1) is 15.3. The number of ether oxygens (including phenoxy) is 1. The molecule has 0 atom stereocenters. The van der Waals surface area contributed by atoms with Crippen LogP contribution in [0.4, 0.5) is 5.69 Å². The molecule has 0 aromatic heterocycles. The zero-order valence-electron chi connectivity index (χ0n) is 11.0. The molecule has 5 N–H and O–H groups in total. The number of nitrogens with two attached hydrogens (primary N) is 1. The van der Waals surface area contributed by atoms with Gasteiger partial charge in [-0.1, -0.05) is 6.07 Å². The van der Waals surface area contributed by atoms with Gasteiger partial charge in [0, 0.05) is 11.6 Å². The number of benzene rings is 1. The SMILES string of the molecule is COc1cccc(C(=N)N)c1NS(=O)(=O)NC(C)C. The summed E-state index contributed by atoms with van der Waals surface area (Å²) in [5.41, 5.74) is 5.83. The predicted octanol–water partition coefficient (Wildman–Crippen LogP) is 0.634. The van der Waals surface area contributed by atoms with Crippen LogP contribution < -0.4 is 19.9 Å². The molecule has 0 saturated carbocycles. The Kier molecular flexibility index (Phi) is 4.73. The average molecular weight is 286 g/mol. The molecular formula is C11H18N4O3S. The van der Waals surface area contributed by atoms with Gasteiger partial charge in [0.05, 0.1) is 7.11 Å². The van der Waals surface area contributed by atoms with Crippen molar-refractivity contribution in [1.82, 2.24) is 4.72 Å². The van der Waals surface area contributed by atoms with Gasteiger partial charge in [-0.15, -0.1) is 0 Å². The number of hydrogen-bond donors (Lipinski definition) is 4. The van der Waals surface area contributed by atoms with Crippen LogP contribution in [-0.2, 0) is 10.2 Å². The van der Waals surface area contributed by atoms with E-state index in [4.69, 9.17) is 15.9 Å². The number of nitrogen functional groups attached to an aromatic ring is 1. The highest BCUT2D eigenvalue weighted by molar-refractivity contribution is 7.90. The van der Waals surface area contributed by atoms with Gasteiger partial charge >= 0.3 is 0 Å². The van der Waals surface area contributed by atoms with E-state index in [2.05, 4.69) is 9.44 Å².